The Morgan fingerprint density at radius 2 is 2.24 bits per heavy atom. The van der Waals surface area contributed by atoms with E-state index >= 15 is 0 Å². The molecule has 0 aromatic rings. The standard InChI is InChI=1S/C11H21NO4S/c1-3-5-6-7-8-10(9-16-17(14)15)12-11(13)4-2/h4,10H,2-3,5-9H2,1H3,(H,12,13)(H,14,15). The molecule has 0 rings (SSSR count). The van der Waals surface area contributed by atoms with E-state index in [0.717, 1.165) is 32.1 Å². The molecule has 0 saturated carbocycles. The zero-order valence-electron chi connectivity index (χ0n) is 10.2. The Labute approximate surface area is 105 Å². The highest BCUT2D eigenvalue weighted by Gasteiger charge is 2.12. The van der Waals surface area contributed by atoms with Gasteiger partial charge in [0.2, 0.25) is 5.91 Å². The van der Waals surface area contributed by atoms with Crippen molar-refractivity contribution in [2.45, 2.75) is 45.1 Å². The molecule has 0 aromatic carbocycles. The predicted molar refractivity (Wildman–Crippen MR) is 67.6 cm³/mol. The Bertz CT molecular complexity index is 258. The van der Waals surface area contributed by atoms with E-state index < -0.39 is 11.4 Å². The molecule has 0 spiro atoms. The van der Waals surface area contributed by atoms with E-state index in [0.29, 0.717) is 0 Å². The van der Waals surface area contributed by atoms with Gasteiger partial charge >= 0.3 is 11.4 Å². The Morgan fingerprint density at radius 3 is 2.76 bits per heavy atom. The fourth-order valence-electron chi connectivity index (χ4n) is 1.42. The molecule has 100 valence electrons. The summed E-state index contributed by atoms with van der Waals surface area (Å²) >= 11 is -2.29. The summed E-state index contributed by atoms with van der Waals surface area (Å²) in [5.74, 6) is -0.294. The third kappa shape index (κ3) is 10.2. The first-order valence-electron chi connectivity index (χ1n) is 5.77. The van der Waals surface area contributed by atoms with Gasteiger partial charge in [0.1, 0.15) is 0 Å². The van der Waals surface area contributed by atoms with Crippen molar-refractivity contribution in [2.75, 3.05) is 6.61 Å². The van der Waals surface area contributed by atoms with E-state index in [1.54, 1.807) is 0 Å². The molecule has 1 amide bonds. The van der Waals surface area contributed by atoms with Crippen LogP contribution in [0.5, 0.6) is 0 Å². The minimum absolute atomic E-state index is 0.0365. The van der Waals surface area contributed by atoms with E-state index in [1.165, 1.54) is 6.08 Å². The number of hydrogen-bond donors (Lipinski definition) is 2. The topological polar surface area (TPSA) is 75.6 Å². The molecule has 0 aliphatic carbocycles. The molecule has 2 unspecified atom stereocenters. The van der Waals surface area contributed by atoms with Gasteiger partial charge in [-0.2, -0.15) is 4.21 Å². The van der Waals surface area contributed by atoms with Crippen LogP contribution in [0.25, 0.3) is 0 Å². The van der Waals surface area contributed by atoms with Crippen molar-refractivity contribution >= 4 is 17.3 Å². The molecule has 5 nitrogen and oxygen atoms in total. The van der Waals surface area contributed by atoms with Crippen LogP contribution in [0, 0.1) is 0 Å². The zero-order chi connectivity index (χ0) is 13.1. The molecule has 0 saturated heterocycles. The smallest absolute Gasteiger partial charge is 0.301 e. The van der Waals surface area contributed by atoms with Crippen molar-refractivity contribution in [3.63, 3.8) is 0 Å². The average Bonchev–Trinajstić information content (AvgIpc) is 2.30. The Balaban J connectivity index is 3.96. The molecule has 2 atom stereocenters. The van der Waals surface area contributed by atoms with Crippen molar-refractivity contribution in [1.29, 1.82) is 0 Å². The van der Waals surface area contributed by atoms with Gasteiger partial charge in [-0.1, -0.05) is 39.2 Å². The highest BCUT2D eigenvalue weighted by molar-refractivity contribution is 7.74. The molecule has 17 heavy (non-hydrogen) atoms. The molecule has 0 aliphatic rings. The van der Waals surface area contributed by atoms with Crippen LogP contribution >= 0.6 is 0 Å². The van der Waals surface area contributed by atoms with Gasteiger partial charge in [-0.05, 0) is 12.5 Å². The average molecular weight is 263 g/mol. The highest BCUT2D eigenvalue weighted by atomic mass is 32.2. The highest BCUT2D eigenvalue weighted by Crippen LogP contribution is 2.06. The van der Waals surface area contributed by atoms with E-state index in [2.05, 4.69) is 23.0 Å². The lowest BCUT2D eigenvalue weighted by molar-refractivity contribution is -0.117. The minimum atomic E-state index is -2.29. The van der Waals surface area contributed by atoms with Gasteiger partial charge in [-0.15, -0.1) is 0 Å². The molecular formula is C11H21NO4S. The van der Waals surface area contributed by atoms with Crippen molar-refractivity contribution in [3.8, 4) is 0 Å². The van der Waals surface area contributed by atoms with Crippen molar-refractivity contribution in [3.05, 3.63) is 12.7 Å². The van der Waals surface area contributed by atoms with Crippen LogP contribution in [0.4, 0.5) is 0 Å². The molecular weight excluding hydrogens is 242 g/mol. The fraction of sp³-hybridized carbons (Fsp3) is 0.727. The third-order valence-corrected chi connectivity index (χ3v) is 2.65. The zero-order valence-corrected chi connectivity index (χ0v) is 11.0. The van der Waals surface area contributed by atoms with E-state index in [-0.39, 0.29) is 18.6 Å². The number of hydrogen-bond acceptors (Lipinski definition) is 3. The second-order valence-electron chi connectivity index (χ2n) is 3.76. The van der Waals surface area contributed by atoms with Gasteiger partial charge < -0.3 is 5.32 Å². The van der Waals surface area contributed by atoms with Crippen molar-refractivity contribution in [1.82, 2.24) is 5.32 Å². The first-order valence-corrected chi connectivity index (χ1v) is 6.80. The van der Waals surface area contributed by atoms with Crippen LogP contribution < -0.4 is 5.32 Å². The van der Waals surface area contributed by atoms with Crippen LogP contribution in [0.3, 0.4) is 0 Å². The minimum Gasteiger partial charge on any atom is -0.347 e. The third-order valence-electron chi connectivity index (χ3n) is 2.31. The summed E-state index contributed by atoms with van der Waals surface area (Å²) in [6.07, 6.45) is 6.23. The molecule has 0 bridgehead atoms. The monoisotopic (exact) mass is 263 g/mol. The lowest BCUT2D eigenvalue weighted by atomic mass is 10.1. The van der Waals surface area contributed by atoms with E-state index in [9.17, 15) is 9.00 Å². The van der Waals surface area contributed by atoms with Crippen molar-refractivity contribution in [2.24, 2.45) is 0 Å². The Morgan fingerprint density at radius 1 is 1.53 bits per heavy atom. The molecule has 6 heteroatoms. The maximum atomic E-state index is 11.1. The first kappa shape index (κ1) is 16.3. The van der Waals surface area contributed by atoms with Gasteiger partial charge in [0, 0.05) is 0 Å². The quantitative estimate of drug-likeness (QED) is 0.358. The maximum absolute atomic E-state index is 11.1. The molecule has 2 N–H and O–H groups in total. The number of unbranched alkanes of at least 4 members (excludes halogenated alkanes) is 3. The summed E-state index contributed by atoms with van der Waals surface area (Å²) in [5, 5.41) is 2.67. The van der Waals surface area contributed by atoms with E-state index in [1.807, 2.05) is 0 Å². The van der Waals surface area contributed by atoms with Gasteiger partial charge in [0.25, 0.3) is 0 Å². The number of amides is 1. The van der Waals surface area contributed by atoms with E-state index in [4.69, 9.17) is 4.55 Å². The van der Waals surface area contributed by atoms with Gasteiger partial charge in [-0.25, -0.2) is 0 Å². The predicted octanol–water partition coefficient (Wildman–Crippen LogP) is 1.78. The summed E-state index contributed by atoms with van der Waals surface area (Å²) in [4.78, 5) is 11.1. The van der Waals surface area contributed by atoms with Gasteiger partial charge in [0.15, 0.2) is 0 Å². The second-order valence-corrected chi connectivity index (χ2v) is 4.43. The Kier molecular flexibility index (Phi) is 9.99. The van der Waals surface area contributed by atoms with Crippen LogP contribution in [0.15, 0.2) is 12.7 Å². The molecule has 0 aromatic heterocycles. The normalized spacial score (nSPS) is 14.0. The molecule has 0 radical (unpaired) electrons. The Hall–Kier alpha value is -0.720. The van der Waals surface area contributed by atoms with Crippen LogP contribution in [-0.2, 0) is 20.3 Å². The summed E-state index contributed by atoms with van der Waals surface area (Å²) in [7, 11) is 0. The lowest BCUT2D eigenvalue weighted by Crippen LogP contribution is -2.37. The van der Waals surface area contributed by atoms with Crippen LogP contribution in [-0.4, -0.2) is 27.3 Å². The fourth-order valence-corrected chi connectivity index (χ4v) is 1.70. The van der Waals surface area contributed by atoms with Gasteiger partial charge in [-0.3, -0.25) is 13.5 Å². The summed E-state index contributed by atoms with van der Waals surface area (Å²) < 4.78 is 23.5. The molecule has 0 heterocycles. The maximum Gasteiger partial charge on any atom is 0.301 e. The van der Waals surface area contributed by atoms with Gasteiger partial charge in [0.05, 0.1) is 12.6 Å². The largest absolute Gasteiger partial charge is 0.347 e. The SMILES string of the molecule is C=CC(=O)NC(CCCCCC)COS(=O)O. The number of carbonyl (C=O) groups is 1. The summed E-state index contributed by atoms with van der Waals surface area (Å²) in [5.41, 5.74) is 0. The molecule has 0 fully saturated rings. The van der Waals surface area contributed by atoms with Crippen LogP contribution in [0.1, 0.15) is 39.0 Å². The van der Waals surface area contributed by atoms with Crippen LogP contribution in [0.2, 0.25) is 0 Å². The lowest BCUT2D eigenvalue weighted by Gasteiger charge is -2.16. The number of rotatable bonds is 10. The molecule has 0 aliphatic heterocycles. The number of carbonyl (C=O) groups excluding carboxylic acids is 1. The summed E-state index contributed by atoms with van der Waals surface area (Å²) in [6, 6.07) is -0.242. The van der Waals surface area contributed by atoms with Crippen molar-refractivity contribution < 1.29 is 17.7 Å². The number of nitrogens with one attached hydrogen (secondary N) is 1. The summed E-state index contributed by atoms with van der Waals surface area (Å²) in [6.45, 7) is 5.51. The second kappa shape index (κ2) is 10.4. The first-order chi connectivity index (χ1) is 8.10.